The van der Waals surface area contributed by atoms with Gasteiger partial charge in [-0.1, -0.05) is 12.1 Å². The molecule has 6 nitrogen and oxygen atoms in total. The first kappa shape index (κ1) is 22.7. The number of halogens is 1. The SMILES string of the molecule is CC(C)OC(=O)c1cccnc1N1CCN(Cc2ccc(Oc3ccc(F)cc3)cc2)CC1. The monoisotopic (exact) mass is 449 g/mol. The first-order chi connectivity index (χ1) is 16.0. The van der Waals surface area contributed by atoms with Gasteiger partial charge in [0.15, 0.2) is 0 Å². The van der Waals surface area contributed by atoms with Gasteiger partial charge in [-0.05, 0) is 67.9 Å². The fraction of sp³-hybridized carbons (Fsp3) is 0.308. The number of aromatic nitrogens is 1. The van der Waals surface area contributed by atoms with E-state index in [1.807, 2.05) is 38.1 Å². The zero-order chi connectivity index (χ0) is 23.2. The molecule has 0 N–H and O–H groups in total. The van der Waals surface area contributed by atoms with Gasteiger partial charge in [-0.15, -0.1) is 0 Å². The van der Waals surface area contributed by atoms with Crippen molar-refractivity contribution in [1.29, 1.82) is 0 Å². The summed E-state index contributed by atoms with van der Waals surface area (Å²) < 4.78 is 24.2. The molecule has 0 amide bonds. The van der Waals surface area contributed by atoms with Crippen LogP contribution in [0.25, 0.3) is 0 Å². The van der Waals surface area contributed by atoms with Gasteiger partial charge in [0, 0.05) is 38.9 Å². The molecule has 33 heavy (non-hydrogen) atoms. The van der Waals surface area contributed by atoms with Crippen LogP contribution in [-0.4, -0.2) is 48.1 Å². The molecule has 7 heteroatoms. The van der Waals surface area contributed by atoms with E-state index in [0.29, 0.717) is 22.9 Å². The maximum absolute atomic E-state index is 13.0. The average Bonchev–Trinajstić information content (AvgIpc) is 2.82. The summed E-state index contributed by atoms with van der Waals surface area (Å²) in [4.78, 5) is 21.4. The molecule has 0 unspecified atom stereocenters. The number of carbonyl (C=O) groups excluding carboxylic acids is 1. The standard InChI is InChI=1S/C26H28FN3O3/c1-19(2)32-26(31)24-4-3-13-28-25(24)30-16-14-29(15-17-30)18-20-5-9-22(10-6-20)33-23-11-7-21(27)8-12-23/h3-13,19H,14-18H2,1-2H3. The molecule has 1 aliphatic heterocycles. The van der Waals surface area contributed by atoms with Crippen molar-refractivity contribution in [2.45, 2.75) is 26.5 Å². The van der Waals surface area contributed by atoms with Crippen molar-refractivity contribution in [1.82, 2.24) is 9.88 Å². The molecule has 1 fully saturated rings. The molecule has 2 heterocycles. The van der Waals surface area contributed by atoms with Crippen LogP contribution in [0.15, 0.2) is 66.9 Å². The Bertz CT molecular complexity index is 1060. The van der Waals surface area contributed by atoms with E-state index < -0.39 is 0 Å². The van der Waals surface area contributed by atoms with Gasteiger partial charge >= 0.3 is 5.97 Å². The second-order valence-corrected chi connectivity index (χ2v) is 8.29. The summed E-state index contributed by atoms with van der Waals surface area (Å²) in [5.41, 5.74) is 1.70. The van der Waals surface area contributed by atoms with Crippen molar-refractivity contribution in [3.05, 3.63) is 83.8 Å². The number of ether oxygens (including phenoxy) is 2. The number of hydrogen-bond acceptors (Lipinski definition) is 6. The lowest BCUT2D eigenvalue weighted by atomic mass is 10.1. The number of anilines is 1. The topological polar surface area (TPSA) is 54.9 Å². The van der Waals surface area contributed by atoms with Gasteiger partial charge in [0.25, 0.3) is 0 Å². The quantitative estimate of drug-likeness (QED) is 0.478. The normalized spacial score (nSPS) is 14.4. The lowest BCUT2D eigenvalue weighted by molar-refractivity contribution is 0.0378. The summed E-state index contributed by atoms with van der Waals surface area (Å²) in [6, 6.07) is 17.5. The van der Waals surface area contributed by atoms with Crippen LogP contribution in [0.1, 0.15) is 29.8 Å². The van der Waals surface area contributed by atoms with Gasteiger partial charge in [0.05, 0.1) is 6.10 Å². The number of hydrogen-bond donors (Lipinski definition) is 0. The molecular weight excluding hydrogens is 421 g/mol. The van der Waals surface area contributed by atoms with E-state index in [4.69, 9.17) is 9.47 Å². The van der Waals surface area contributed by atoms with Gasteiger partial charge < -0.3 is 14.4 Å². The van der Waals surface area contributed by atoms with Gasteiger partial charge in [0.1, 0.15) is 28.7 Å². The Labute approximate surface area is 193 Å². The number of rotatable bonds is 7. The van der Waals surface area contributed by atoms with Crippen LogP contribution in [0.3, 0.4) is 0 Å². The van der Waals surface area contributed by atoms with Crippen LogP contribution in [0.5, 0.6) is 11.5 Å². The van der Waals surface area contributed by atoms with E-state index in [-0.39, 0.29) is 17.9 Å². The Hall–Kier alpha value is -3.45. The van der Waals surface area contributed by atoms with Crippen LogP contribution >= 0.6 is 0 Å². The molecule has 1 aliphatic rings. The summed E-state index contributed by atoms with van der Waals surface area (Å²) in [5, 5.41) is 0. The second kappa shape index (κ2) is 10.4. The molecule has 0 spiro atoms. The van der Waals surface area contributed by atoms with Crippen molar-refractivity contribution in [3.8, 4) is 11.5 Å². The largest absolute Gasteiger partial charge is 0.459 e. The Morgan fingerprint density at radius 2 is 1.61 bits per heavy atom. The third kappa shape index (κ3) is 6.08. The lowest BCUT2D eigenvalue weighted by Gasteiger charge is -2.36. The van der Waals surface area contributed by atoms with E-state index in [2.05, 4.69) is 14.8 Å². The van der Waals surface area contributed by atoms with E-state index in [0.717, 1.165) is 32.7 Å². The molecule has 4 rings (SSSR count). The molecule has 0 saturated carbocycles. The van der Waals surface area contributed by atoms with Crippen LogP contribution in [0, 0.1) is 5.82 Å². The van der Waals surface area contributed by atoms with Crippen LogP contribution in [0.4, 0.5) is 10.2 Å². The Morgan fingerprint density at radius 1 is 0.970 bits per heavy atom. The number of piperazine rings is 1. The van der Waals surface area contributed by atoms with Gasteiger partial charge in [-0.25, -0.2) is 14.2 Å². The molecule has 3 aromatic rings. The molecule has 0 radical (unpaired) electrons. The van der Waals surface area contributed by atoms with E-state index in [1.54, 1.807) is 30.5 Å². The summed E-state index contributed by atoms with van der Waals surface area (Å²) >= 11 is 0. The van der Waals surface area contributed by atoms with Crippen molar-refractivity contribution >= 4 is 11.8 Å². The van der Waals surface area contributed by atoms with Crippen LogP contribution in [0.2, 0.25) is 0 Å². The highest BCUT2D eigenvalue weighted by molar-refractivity contribution is 5.94. The van der Waals surface area contributed by atoms with Gasteiger partial charge in [-0.2, -0.15) is 0 Å². The third-order valence-electron chi connectivity index (χ3n) is 5.40. The number of benzene rings is 2. The molecule has 172 valence electrons. The number of carbonyl (C=O) groups is 1. The maximum Gasteiger partial charge on any atom is 0.342 e. The molecule has 0 bridgehead atoms. The maximum atomic E-state index is 13.0. The predicted octanol–water partition coefficient (Wildman–Crippen LogP) is 4.90. The van der Waals surface area contributed by atoms with Crippen LogP contribution < -0.4 is 9.64 Å². The number of esters is 1. The zero-order valence-corrected chi connectivity index (χ0v) is 18.9. The highest BCUT2D eigenvalue weighted by Gasteiger charge is 2.23. The summed E-state index contributed by atoms with van der Waals surface area (Å²) in [5.74, 6) is 1.38. The Balaban J connectivity index is 1.32. The minimum Gasteiger partial charge on any atom is -0.459 e. The van der Waals surface area contributed by atoms with Crippen LogP contribution in [-0.2, 0) is 11.3 Å². The molecule has 0 atom stereocenters. The minimum absolute atomic E-state index is 0.171. The minimum atomic E-state index is -0.335. The molecular formula is C26H28FN3O3. The Morgan fingerprint density at radius 3 is 2.24 bits per heavy atom. The highest BCUT2D eigenvalue weighted by Crippen LogP contribution is 2.24. The van der Waals surface area contributed by atoms with Crippen molar-refractivity contribution < 1.29 is 18.7 Å². The van der Waals surface area contributed by atoms with E-state index in [1.165, 1.54) is 17.7 Å². The zero-order valence-electron chi connectivity index (χ0n) is 18.9. The summed E-state index contributed by atoms with van der Waals surface area (Å²) in [6.07, 6.45) is 1.54. The molecule has 1 aromatic heterocycles. The fourth-order valence-electron chi connectivity index (χ4n) is 3.76. The molecule has 1 saturated heterocycles. The van der Waals surface area contributed by atoms with E-state index in [9.17, 15) is 9.18 Å². The highest BCUT2D eigenvalue weighted by atomic mass is 19.1. The summed E-state index contributed by atoms with van der Waals surface area (Å²) in [7, 11) is 0. The van der Waals surface area contributed by atoms with Gasteiger partial charge in [0.2, 0.25) is 0 Å². The number of nitrogens with zero attached hydrogens (tertiary/aromatic N) is 3. The number of pyridine rings is 1. The predicted molar refractivity (Wildman–Crippen MR) is 125 cm³/mol. The van der Waals surface area contributed by atoms with Crippen molar-refractivity contribution in [2.24, 2.45) is 0 Å². The lowest BCUT2D eigenvalue weighted by Crippen LogP contribution is -2.46. The molecule has 0 aliphatic carbocycles. The second-order valence-electron chi connectivity index (χ2n) is 8.29. The first-order valence-electron chi connectivity index (χ1n) is 11.1. The van der Waals surface area contributed by atoms with E-state index >= 15 is 0 Å². The smallest absolute Gasteiger partial charge is 0.342 e. The van der Waals surface area contributed by atoms with Gasteiger partial charge in [-0.3, -0.25) is 4.90 Å². The van der Waals surface area contributed by atoms with Crippen molar-refractivity contribution in [3.63, 3.8) is 0 Å². The Kier molecular flexibility index (Phi) is 7.19. The van der Waals surface area contributed by atoms with Crippen molar-refractivity contribution in [2.75, 3.05) is 31.1 Å². The summed E-state index contributed by atoms with van der Waals surface area (Å²) in [6.45, 7) is 7.80. The average molecular weight is 450 g/mol. The fourth-order valence-corrected chi connectivity index (χ4v) is 3.76. The third-order valence-corrected chi connectivity index (χ3v) is 5.40. The first-order valence-corrected chi connectivity index (χ1v) is 11.1. The molecule has 2 aromatic carbocycles.